The Balaban J connectivity index is 1.35. The van der Waals surface area contributed by atoms with Gasteiger partial charge in [0, 0.05) is 23.6 Å². The lowest BCUT2D eigenvalue weighted by atomic mass is 10.2. The number of methoxy groups -OCH3 is 1. The van der Waals surface area contributed by atoms with E-state index in [1.165, 1.54) is 11.8 Å². The summed E-state index contributed by atoms with van der Waals surface area (Å²) in [4.78, 5) is 29.2. The lowest BCUT2D eigenvalue weighted by molar-refractivity contribution is -0.113. The Hall–Kier alpha value is -3.98. The molecular weight excluding hydrogens is 452 g/mol. The molecule has 2 aromatic carbocycles. The first kappa shape index (κ1) is 23.2. The Morgan fingerprint density at radius 2 is 1.88 bits per heavy atom. The van der Waals surface area contributed by atoms with Crippen molar-refractivity contribution in [3.8, 4) is 11.4 Å². The molecule has 0 radical (unpaired) electrons. The molecule has 0 aliphatic heterocycles. The molecule has 8 nitrogen and oxygen atoms in total. The van der Waals surface area contributed by atoms with Gasteiger partial charge in [0.2, 0.25) is 5.91 Å². The molecule has 0 spiro atoms. The van der Waals surface area contributed by atoms with Crippen LogP contribution in [0.25, 0.3) is 5.69 Å². The Morgan fingerprint density at radius 1 is 1.09 bits per heavy atom. The monoisotopic (exact) mass is 476 g/mol. The number of hydrogen-bond acceptors (Lipinski definition) is 6. The highest BCUT2D eigenvalue weighted by Gasteiger charge is 2.12. The molecule has 2 heterocycles. The number of imidazole rings is 1. The first-order chi connectivity index (χ1) is 16.5. The van der Waals surface area contributed by atoms with Gasteiger partial charge in [0.1, 0.15) is 17.3 Å². The van der Waals surface area contributed by atoms with Crippen molar-refractivity contribution < 1.29 is 18.7 Å². The zero-order chi connectivity index (χ0) is 23.9. The maximum absolute atomic E-state index is 12.4. The van der Waals surface area contributed by atoms with Crippen LogP contribution in [0.5, 0.6) is 5.75 Å². The third-order valence-corrected chi connectivity index (χ3v) is 5.91. The van der Waals surface area contributed by atoms with Crippen LogP contribution in [0, 0.1) is 6.92 Å². The van der Waals surface area contributed by atoms with Crippen molar-refractivity contribution in [2.75, 3.05) is 18.2 Å². The number of hydrogen-bond donors (Lipinski definition) is 2. The van der Waals surface area contributed by atoms with Crippen molar-refractivity contribution in [2.45, 2.75) is 18.6 Å². The van der Waals surface area contributed by atoms with E-state index in [0.717, 1.165) is 11.4 Å². The summed E-state index contributed by atoms with van der Waals surface area (Å²) >= 11 is 1.32. The van der Waals surface area contributed by atoms with Crippen molar-refractivity contribution in [2.24, 2.45) is 0 Å². The average Bonchev–Trinajstić information content (AvgIpc) is 3.50. The van der Waals surface area contributed by atoms with Crippen LogP contribution in [-0.2, 0) is 11.3 Å². The van der Waals surface area contributed by atoms with E-state index in [2.05, 4.69) is 15.6 Å². The van der Waals surface area contributed by atoms with E-state index in [9.17, 15) is 9.59 Å². The topological polar surface area (TPSA) is 98.4 Å². The number of benzene rings is 2. The summed E-state index contributed by atoms with van der Waals surface area (Å²) in [5, 5.41) is 6.37. The number of aryl methyl sites for hydroxylation is 1. The number of aromatic nitrogens is 2. The maximum atomic E-state index is 12.4. The third kappa shape index (κ3) is 5.68. The lowest BCUT2D eigenvalue weighted by Crippen LogP contribution is -2.22. The van der Waals surface area contributed by atoms with Gasteiger partial charge < -0.3 is 19.8 Å². The molecule has 2 amide bonds. The number of furan rings is 1. The molecule has 0 unspecified atom stereocenters. The van der Waals surface area contributed by atoms with Gasteiger partial charge in [-0.3, -0.25) is 14.2 Å². The highest BCUT2D eigenvalue weighted by molar-refractivity contribution is 7.99. The zero-order valence-electron chi connectivity index (χ0n) is 18.8. The molecule has 2 N–H and O–H groups in total. The number of rotatable bonds is 9. The number of para-hydroxylation sites is 2. The Bertz CT molecular complexity index is 1280. The summed E-state index contributed by atoms with van der Waals surface area (Å²) in [6.07, 6.45) is 3.49. The van der Waals surface area contributed by atoms with Crippen molar-refractivity contribution in [1.29, 1.82) is 0 Å². The van der Waals surface area contributed by atoms with Crippen molar-refractivity contribution in [3.05, 3.63) is 90.1 Å². The second kappa shape index (κ2) is 10.8. The predicted molar refractivity (Wildman–Crippen MR) is 131 cm³/mol. The van der Waals surface area contributed by atoms with Gasteiger partial charge in [0.25, 0.3) is 5.91 Å². The Morgan fingerprint density at radius 3 is 2.62 bits per heavy atom. The van der Waals surface area contributed by atoms with E-state index in [-0.39, 0.29) is 17.6 Å². The van der Waals surface area contributed by atoms with Crippen LogP contribution in [0.3, 0.4) is 0 Å². The number of carbonyl (C=O) groups is 2. The summed E-state index contributed by atoms with van der Waals surface area (Å²) in [6, 6.07) is 18.1. The minimum absolute atomic E-state index is 0.164. The first-order valence-electron chi connectivity index (χ1n) is 10.6. The Kier molecular flexibility index (Phi) is 7.34. The molecule has 0 saturated heterocycles. The fourth-order valence-corrected chi connectivity index (χ4v) is 4.05. The molecule has 2 aromatic heterocycles. The third-order valence-electron chi connectivity index (χ3n) is 4.95. The number of nitrogens with zero attached hydrogens (tertiary/aromatic N) is 2. The number of carbonyl (C=O) groups excluding carboxylic acids is 2. The van der Waals surface area contributed by atoms with Crippen molar-refractivity contribution in [3.63, 3.8) is 0 Å². The standard InChI is InChI=1S/C25H24N4O4S/c1-17-7-12-20(33-17)15-27-24(31)18-8-10-19(11-9-18)29-14-13-26-25(29)34-16-23(30)28-21-5-3-4-6-22(21)32-2/h3-14H,15-16H2,1-2H3,(H,27,31)(H,28,30). The molecular formula is C25H24N4O4S. The van der Waals surface area contributed by atoms with Crippen LogP contribution in [0.15, 0.2) is 82.6 Å². The summed E-state index contributed by atoms with van der Waals surface area (Å²) in [5.74, 6) is 1.95. The number of thioether (sulfide) groups is 1. The van der Waals surface area contributed by atoms with E-state index in [4.69, 9.17) is 9.15 Å². The molecule has 0 aliphatic carbocycles. The SMILES string of the molecule is COc1ccccc1NC(=O)CSc1nccn1-c1ccc(C(=O)NCc2ccc(C)o2)cc1. The smallest absolute Gasteiger partial charge is 0.251 e. The molecule has 4 aromatic rings. The van der Waals surface area contributed by atoms with Crippen LogP contribution < -0.4 is 15.4 Å². The van der Waals surface area contributed by atoms with Crippen LogP contribution in [0.4, 0.5) is 5.69 Å². The van der Waals surface area contributed by atoms with Crippen LogP contribution >= 0.6 is 11.8 Å². The number of anilines is 1. The molecule has 174 valence electrons. The van der Waals surface area contributed by atoms with Gasteiger partial charge in [-0.25, -0.2) is 4.98 Å². The van der Waals surface area contributed by atoms with E-state index in [0.29, 0.717) is 34.5 Å². The number of ether oxygens (including phenoxy) is 1. The van der Waals surface area contributed by atoms with E-state index in [1.54, 1.807) is 37.6 Å². The fourth-order valence-electron chi connectivity index (χ4n) is 3.28. The van der Waals surface area contributed by atoms with Gasteiger partial charge in [0.15, 0.2) is 5.16 Å². The van der Waals surface area contributed by atoms with Gasteiger partial charge in [0.05, 0.1) is 25.1 Å². The second-order valence-electron chi connectivity index (χ2n) is 7.36. The van der Waals surface area contributed by atoms with E-state index in [1.807, 2.05) is 54.1 Å². The quantitative estimate of drug-likeness (QED) is 0.347. The molecule has 0 bridgehead atoms. The van der Waals surface area contributed by atoms with Crippen LogP contribution in [0.1, 0.15) is 21.9 Å². The fraction of sp³-hybridized carbons (Fsp3) is 0.160. The average molecular weight is 477 g/mol. The first-order valence-corrected chi connectivity index (χ1v) is 11.5. The molecule has 34 heavy (non-hydrogen) atoms. The molecule has 0 saturated carbocycles. The molecule has 9 heteroatoms. The van der Waals surface area contributed by atoms with E-state index < -0.39 is 0 Å². The van der Waals surface area contributed by atoms with Gasteiger partial charge in [-0.1, -0.05) is 23.9 Å². The summed E-state index contributed by atoms with van der Waals surface area (Å²) in [6.45, 7) is 2.19. The maximum Gasteiger partial charge on any atom is 0.251 e. The van der Waals surface area contributed by atoms with Gasteiger partial charge in [-0.05, 0) is 55.5 Å². The predicted octanol–water partition coefficient (Wildman–Crippen LogP) is 4.44. The zero-order valence-corrected chi connectivity index (χ0v) is 19.6. The second-order valence-corrected chi connectivity index (χ2v) is 8.30. The lowest BCUT2D eigenvalue weighted by Gasteiger charge is -2.11. The van der Waals surface area contributed by atoms with Gasteiger partial charge in [-0.2, -0.15) is 0 Å². The molecule has 4 rings (SSSR count). The highest BCUT2D eigenvalue weighted by atomic mass is 32.2. The van der Waals surface area contributed by atoms with Gasteiger partial charge >= 0.3 is 0 Å². The molecule has 0 atom stereocenters. The normalized spacial score (nSPS) is 10.6. The van der Waals surface area contributed by atoms with Crippen LogP contribution in [0.2, 0.25) is 0 Å². The summed E-state index contributed by atoms with van der Waals surface area (Å²) < 4.78 is 12.6. The van der Waals surface area contributed by atoms with Crippen molar-refractivity contribution in [1.82, 2.24) is 14.9 Å². The van der Waals surface area contributed by atoms with Gasteiger partial charge in [-0.15, -0.1) is 0 Å². The minimum Gasteiger partial charge on any atom is -0.495 e. The molecule has 0 aliphatic rings. The minimum atomic E-state index is -0.186. The Labute approximate surface area is 201 Å². The summed E-state index contributed by atoms with van der Waals surface area (Å²) in [7, 11) is 1.56. The number of amides is 2. The van der Waals surface area contributed by atoms with Crippen LogP contribution in [-0.4, -0.2) is 34.2 Å². The van der Waals surface area contributed by atoms with Crippen molar-refractivity contribution >= 4 is 29.3 Å². The molecule has 0 fully saturated rings. The largest absolute Gasteiger partial charge is 0.495 e. The highest BCUT2D eigenvalue weighted by Crippen LogP contribution is 2.25. The number of nitrogens with one attached hydrogen (secondary N) is 2. The summed E-state index contributed by atoms with van der Waals surface area (Å²) in [5.41, 5.74) is 2.00. The van der Waals surface area contributed by atoms with E-state index >= 15 is 0 Å².